The first-order valence-electron chi connectivity index (χ1n) is 10.6. The van der Waals surface area contributed by atoms with Gasteiger partial charge in [0, 0.05) is 25.4 Å². The molecule has 1 aromatic carbocycles. The van der Waals surface area contributed by atoms with E-state index in [1.54, 1.807) is 13.2 Å². The van der Waals surface area contributed by atoms with Crippen LogP contribution in [0.3, 0.4) is 0 Å². The summed E-state index contributed by atoms with van der Waals surface area (Å²) in [6.07, 6.45) is 9.82. The number of aryl methyl sites for hydroxylation is 1. The molecular weight excluding hydrogens is 416 g/mol. The molecule has 0 N–H and O–H groups in total. The predicted molar refractivity (Wildman–Crippen MR) is 120 cm³/mol. The summed E-state index contributed by atoms with van der Waals surface area (Å²) >= 11 is 0. The Labute approximate surface area is 185 Å². The molecular formula is C24H32O6S. The van der Waals surface area contributed by atoms with E-state index in [0.29, 0.717) is 13.0 Å². The van der Waals surface area contributed by atoms with Crippen molar-refractivity contribution in [1.29, 1.82) is 0 Å². The van der Waals surface area contributed by atoms with Crippen LogP contribution >= 0.6 is 0 Å². The second-order valence-corrected chi connectivity index (χ2v) is 10.1. The van der Waals surface area contributed by atoms with E-state index in [0.717, 1.165) is 18.4 Å². The Hall–Kier alpha value is -2.25. The van der Waals surface area contributed by atoms with Gasteiger partial charge in [-0.1, -0.05) is 42.5 Å². The van der Waals surface area contributed by atoms with Crippen LogP contribution in [0.15, 0.2) is 48.6 Å². The number of sulfone groups is 1. The zero-order valence-corrected chi connectivity index (χ0v) is 19.1. The highest BCUT2D eigenvalue weighted by atomic mass is 32.2. The average molecular weight is 449 g/mol. The van der Waals surface area contributed by atoms with Crippen molar-refractivity contribution in [3.63, 3.8) is 0 Å². The van der Waals surface area contributed by atoms with E-state index in [1.165, 1.54) is 12.7 Å². The second kappa shape index (κ2) is 12.6. The smallest absolute Gasteiger partial charge is 0.305 e. The predicted octanol–water partition coefficient (Wildman–Crippen LogP) is 3.45. The fraction of sp³-hybridized carbons (Fsp3) is 0.500. The molecule has 0 aliphatic heterocycles. The topological polar surface area (TPSA) is 86.7 Å². The Morgan fingerprint density at radius 2 is 1.94 bits per heavy atom. The van der Waals surface area contributed by atoms with Crippen LogP contribution in [-0.4, -0.2) is 45.9 Å². The highest BCUT2D eigenvalue weighted by Crippen LogP contribution is 2.27. The van der Waals surface area contributed by atoms with E-state index in [2.05, 4.69) is 22.9 Å². The third-order valence-electron chi connectivity index (χ3n) is 5.38. The van der Waals surface area contributed by atoms with Crippen molar-refractivity contribution in [2.45, 2.75) is 38.7 Å². The van der Waals surface area contributed by atoms with E-state index in [9.17, 15) is 18.0 Å². The van der Waals surface area contributed by atoms with Crippen molar-refractivity contribution in [2.75, 3.05) is 25.7 Å². The Morgan fingerprint density at radius 3 is 2.68 bits per heavy atom. The maximum Gasteiger partial charge on any atom is 0.305 e. The molecule has 0 spiro atoms. The maximum absolute atomic E-state index is 12.3. The first-order valence-corrected chi connectivity index (χ1v) is 12.4. The SMILES string of the molecule is COCc1cccc(CC/C=C/[C@H]2C=CC(=O)[C@@H]2CCS(=O)(=O)CCCC(=O)OC)c1. The average Bonchev–Trinajstić information content (AvgIpc) is 3.09. The molecule has 2 atom stereocenters. The minimum Gasteiger partial charge on any atom is -0.469 e. The summed E-state index contributed by atoms with van der Waals surface area (Å²) in [5, 5.41) is 0. The lowest BCUT2D eigenvalue weighted by atomic mass is 9.91. The molecule has 1 aromatic rings. The molecule has 0 saturated heterocycles. The van der Waals surface area contributed by atoms with Gasteiger partial charge in [0.05, 0.1) is 25.2 Å². The van der Waals surface area contributed by atoms with Gasteiger partial charge in [0.2, 0.25) is 0 Å². The molecule has 2 rings (SSSR count). The lowest BCUT2D eigenvalue weighted by molar-refractivity contribution is -0.140. The second-order valence-electron chi connectivity index (χ2n) is 7.79. The number of esters is 1. The summed E-state index contributed by atoms with van der Waals surface area (Å²) in [6, 6.07) is 8.27. The van der Waals surface area contributed by atoms with Gasteiger partial charge in [-0.3, -0.25) is 9.59 Å². The summed E-state index contributed by atoms with van der Waals surface area (Å²) in [5.41, 5.74) is 2.37. The highest BCUT2D eigenvalue weighted by Gasteiger charge is 2.29. The van der Waals surface area contributed by atoms with Crippen LogP contribution in [0, 0.1) is 11.8 Å². The van der Waals surface area contributed by atoms with Gasteiger partial charge in [0.15, 0.2) is 5.78 Å². The van der Waals surface area contributed by atoms with Crippen LogP contribution in [0.5, 0.6) is 0 Å². The third kappa shape index (κ3) is 8.79. The molecule has 6 nitrogen and oxygen atoms in total. The monoisotopic (exact) mass is 448 g/mol. The van der Waals surface area contributed by atoms with Crippen molar-refractivity contribution in [2.24, 2.45) is 11.8 Å². The number of ketones is 1. The lowest BCUT2D eigenvalue weighted by Gasteiger charge is -2.15. The van der Waals surface area contributed by atoms with Crippen molar-refractivity contribution < 1.29 is 27.5 Å². The zero-order valence-electron chi connectivity index (χ0n) is 18.3. The Kier molecular flexibility index (Phi) is 10.1. The molecule has 0 aromatic heterocycles. The van der Waals surface area contributed by atoms with Gasteiger partial charge in [-0.2, -0.15) is 0 Å². The molecule has 0 saturated carbocycles. The number of hydrogen-bond donors (Lipinski definition) is 0. The van der Waals surface area contributed by atoms with E-state index in [1.807, 2.05) is 24.3 Å². The summed E-state index contributed by atoms with van der Waals surface area (Å²) in [5.74, 6) is -0.968. The van der Waals surface area contributed by atoms with Crippen LogP contribution in [0.4, 0.5) is 0 Å². The Bertz CT molecular complexity index is 900. The number of methoxy groups -OCH3 is 2. The minimum atomic E-state index is -3.31. The number of benzene rings is 1. The van der Waals surface area contributed by atoms with Crippen LogP contribution in [-0.2, 0) is 41.9 Å². The van der Waals surface area contributed by atoms with Crippen molar-refractivity contribution in [3.05, 3.63) is 59.7 Å². The molecule has 0 fully saturated rings. The number of ether oxygens (including phenoxy) is 2. The number of allylic oxidation sites excluding steroid dienone is 4. The van der Waals surface area contributed by atoms with E-state index in [-0.39, 0.29) is 42.0 Å². The first-order chi connectivity index (χ1) is 14.8. The van der Waals surface area contributed by atoms with E-state index >= 15 is 0 Å². The molecule has 31 heavy (non-hydrogen) atoms. The third-order valence-corrected chi connectivity index (χ3v) is 7.15. The van der Waals surface area contributed by atoms with Gasteiger partial charge in [0.1, 0.15) is 9.84 Å². The minimum absolute atomic E-state index is 0.0216. The van der Waals surface area contributed by atoms with Gasteiger partial charge >= 0.3 is 5.97 Å². The summed E-state index contributed by atoms with van der Waals surface area (Å²) in [4.78, 5) is 23.3. The quantitative estimate of drug-likeness (QED) is 0.339. The lowest BCUT2D eigenvalue weighted by Crippen LogP contribution is -2.21. The van der Waals surface area contributed by atoms with Gasteiger partial charge in [-0.05, 0) is 42.9 Å². The fourth-order valence-corrected chi connectivity index (χ4v) is 5.08. The normalized spacial score (nSPS) is 18.7. The molecule has 0 radical (unpaired) electrons. The molecule has 1 aliphatic rings. The summed E-state index contributed by atoms with van der Waals surface area (Å²) < 4.78 is 34.2. The number of rotatable bonds is 13. The molecule has 0 unspecified atom stereocenters. The largest absolute Gasteiger partial charge is 0.469 e. The van der Waals surface area contributed by atoms with Gasteiger partial charge in [-0.25, -0.2) is 8.42 Å². The molecule has 0 bridgehead atoms. The number of carbonyl (C=O) groups is 2. The molecule has 170 valence electrons. The zero-order chi connectivity index (χ0) is 22.7. The number of hydrogen-bond acceptors (Lipinski definition) is 6. The number of carbonyl (C=O) groups excluding carboxylic acids is 2. The van der Waals surface area contributed by atoms with Crippen LogP contribution < -0.4 is 0 Å². The molecule has 7 heteroatoms. The van der Waals surface area contributed by atoms with Gasteiger partial charge < -0.3 is 9.47 Å². The highest BCUT2D eigenvalue weighted by molar-refractivity contribution is 7.91. The van der Waals surface area contributed by atoms with Crippen LogP contribution in [0.1, 0.15) is 36.8 Å². The molecule has 0 heterocycles. The summed E-state index contributed by atoms with van der Waals surface area (Å²) in [7, 11) is -0.356. The van der Waals surface area contributed by atoms with E-state index in [4.69, 9.17) is 4.74 Å². The van der Waals surface area contributed by atoms with Gasteiger partial charge in [-0.15, -0.1) is 0 Å². The molecule has 0 amide bonds. The van der Waals surface area contributed by atoms with E-state index < -0.39 is 15.8 Å². The standard InChI is InChI=1S/C24H32O6S/c1-29-18-20-9-5-8-19(17-20)7-3-4-10-21-12-13-23(25)22(21)14-16-31(27,28)15-6-11-24(26)30-2/h4-5,8-10,12-13,17,21-22H,3,6-7,11,14-16,18H2,1-2H3/b10-4+/t21-,22+/m0/s1. The van der Waals surface area contributed by atoms with Crippen LogP contribution in [0.2, 0.25) is 0 Å². The fourth-order valence-electron chi connectivity index (χ4n) is 3.68. The van der Waals surface area contributed by atoms with Crippen molar-refractivity contribution >= 4 is 21.6 Å². The maximum atomic E-state index is 12.3. The van der Waals surface area contributed by atoms with Crippen LogP contribution in [0.25, 0.3) is 0 Å². The Balaban J connectivity index is 1.82. The van der Waals surface area contributed by atoms with Crippen molar-refractivity contribution in [3.8, 4) is 0 Å². The molecule has 1 aliphatic carbocycles. The van der Waals surface area contributed by atoms with Crippen molar-refractivity contribution in [1.82, 2.24) is 0 Å². The first kappa shape index (κ1) is 25.0. The Morgan fingerprint density at radius 1 is 1.16 bits per heavy atom. The van der Waals surface area contributed by atoms with Gasteiger partial charge in [0.25, 0.3) is 0 Å². The summed E-state index contributed by atoms with van der Waals surface area (Å²) in [6.45, 7) is 0.589.